The van der Waals surface area contributed by atoms with Crippen molar-refractivity contribution in [2.75, 3.05) is 0 Å². The van der Waals surface area contributed by atoms with Gasteiger partial charge in [0.25, 0.3) is 0 Å². The molecule has 0 unspecified atom stereocenters. The van der Waals surface area contributed by atoms with Crippen LogP contribution in [0, 0.1) is 0 Å². The van der Waals surface area contributed by atoms with Crippen molar-refractivity contribution in [3.05, 3.63) is 309 Å². The summed E-state index contributed by atoms with van der Waals surface area (Å²) in [5, 5.41) is 15.8. The number of fused-ring (bicyclic) bond motifs is 9. The van der Waals surface area contributed by atoms with Crippen LogP contribution in [0.2, 0.25) is 0 Å². The Morgan fingerprint density at radius 1 is 0.212 bits per heavy atom. The van der Waals surface area contributed by atoms with Crippen LogP contribution in [0.25, 0.3) is 171 Å². The summed E-state index contributed by atoms with van der Waals surface area (Å²) in [5.74, 6) is 0.843. The second kappa shape index (κ2) is 19.7. The Morgan fingerprint density at radius 3 is 1.12 bits per heavy atom. The van der Waals surface area contributed by atoms with E-state index < -0.39 is 0 Å². The highest BCUT2D eigenvalue weighted by molar-refractivity contribution is 6.24. The first kappa shape index (κ1) is 48.4. The lowest BCUT2D eigenvalue weighted by molar-refractivity contribution is 1.13. The van der Waals surface area contributed by atoms with Crippen LogP contribution in [-0.4, -0.2) is 14.4 Å². The Labute approximate surface area is 491 Å². The monoisotopic (exact) mass is 1080 g/mol. The maximum atomic E-state index is 5.44. The van der Waals surface area contributed by atoms with Crippen LogP contribution in [-0.2, 0) is 0 Å². The molecule has 0 bridgehead atoms. The molecule has 0 amide bonds. The molecule has 0 fully saturated rings. The van der Waals surface area contributed by atoms with Crippen molar-refractivity contribution in [1.82, 2.24) is 14.4 Å². The van der Waals surface area contributed by atoms with E-state index in [2.05, 4.69) is 314 Å². The molecule has 17 aromatic rings. The highest BCUT2D eigenvalue weighted by Crippen LogP contribution is 2.48. The fourth-order valence-corrected chi connectivity index (χ4v) is 13.6. The van der Waals surface area contributed by atoms with Gasteiger partial charge in [0.15, 0.2) is 0 Å². The molecule has 17 rings (SSSR count). The first-order chi connectivity index (χ1) is 42.2. The van der Waals surface area contributed by atoms with Crippen LogP contribution in [0.15, 0.2) is 309 Å². The lowest BCUT2D eigenvalue weighted by Crippen LogP contribution is -2.00. The molecule has 2 aromatic heterocycles. The van der Waals surface area contributed by atoms with Crippen LogP contribution in [0.1, 0.15) is 0 Å². The van der Waals surface area contributed by atoms with Crippen LogP contribution in [0.3, 0.4) is 0 Å². The summed E-state index contributed by atoms with van der Waals surface area (Å²) in [6.07, 6.45) is 0. The number of nitrogens with zero attached hydrogens (tertiary/aromatic N) is 3. The average molecular weight is 1080 g/mol. The zero-order chi connectivity index (χ0) is 56.0. The minimum atomic E-state index is 0.843. The van der Waals surface area contributed by atoms with Gasteiger partial charge in [-0.1, -0.05) is 279 Å². The molecular weight excluding hydrogens is 1030 g/mol. The fraction of sp³-hybridized carbons (Fsp3) is 0. The number of benzene rings is 15. The third kappa shape index (κ3) is 7.97. The second-order valence-electron chi connectivity index (χ2n) is 22.3. The summed E-state index contributed by atoms with van der Waals surface area (Å²) in [5.41, 5.74) is 18.9. The number of aromatic nitrogens is 3. The Hall–Kier alpha value is -11.3. The van der Waals surface area contributed by atoms with Crippen LogP contribution in [0.5, 0.6) is 0 Å². The molecule has 85 heavy (non-hydrogen) atoms. The van der Waals surface area contributed by atoms with E-state index in [-0.39, 0.29) is 0 Å². The first-order valence-corrected chi connectivity index (χ1v) is 29.2. The lowest BCUT2D eigenvalue weighted by Gasteiger charge is -2.20. The fourth-order valence-electron chi connectivity index (χ4n) is 13.6. The number of hydrogen-bond acceptors (Lipinski definition) is 2. The molecule has 0 radical (unpaired) electrons. The highest BCUT2D eigenvalue weighted by Gasteiger charge is 2.24. The van der Waals surface area contributed by atoms with Gasteiger partial charge in [-0.25, -0.2) is 9.97 Å². The molecule has 0 aliphatic heterocycles. The van der Waals surface area contributed by atoms with Gasteiger partial charge in [0.1, 0.15) is 11.5 Å². The Balaban J connectivity index is 0.797. The zero-order valence-electron chi connectivity index (χ0n) is 46.3. The van der Waals surface area contributed by atoms with Crippen LogP contribution in [0.4, 0.5) is 0 Å². The van der Waals surface area contributed by atoms with Crippen molar-refractivity contribution in [2.24, 2.45) is 0 Å². The predicted molar refractivity (Wildman–Crippen MR) is 359 cm³/mol. The molecule has 15 aromatic carbocycles. The van der Waals surface area contributed by atoms with Gasteiger partial charge < -0.3 is 0 Å². The molecule has 0 aliphatic carbocycles. The topological polar surface area (TPSA) is 30.2 Å². The maximum absolute atomic E-state index is 5.44. The van der Waals surface area contributed by atoms with Crippen LogP contribution < -0.4 is 0 Å². The quantitative estimate of drug-likeness (QED) is 0.142. The van der Waals surface area contributed by atoms with Crippen molar-refractivity contribution < 1.29 is 0 Å². The number of imidazole rings is 1. The van der Waals surface area contributed by atoms with Gasteiger partial charge in [0, 0.05) is 22.1 Å². The number of rotatable bonds is 8. The van der Waals surface area contributed by atoms with E-state index in [0.717, 1.165) is 56.0 Å². The average Bonchev–Trinajstić information content (AvgIpc) is 2.29. The van der Waals surface area contributed by atoms with E-state index >= 15 is 0 Å². The molecule has 2 heterocycles. The third-order valence-corrected chi connectivity index (χ3v) is 17.5. The van der Waals surface area contributed by atoms with Gasteiger partial charge >= 0.3 is 0 Å². The summed E-state index contributed by atoms with van der Waals surface area (Å²) < 4.78 is 2.27. The molecule has 0 spiro atoms. The van der Waals surface area contributed by atoms with Crippen molar-refractivity contribution in [1.29, 1.82) is 0 Å². The zero-order valence-corrected chi connectivity index (χ0v) is 46.3. The molecule has 3 heteroatoms. The van der Waals surface area contributed by atoms with Gasteiger partial charge in [-0.05, 0) is 151 Å². The normalized spacial score (nSPS) is 11.8. The van der Waals surface area contributed by atoms with Gasteiger partial charge in [0.2, 0.25) is 0 Å². The van der Waals surface area contributed by atoms with Crippen molar-refractivity contribution in [3.63, 3.8) is 0 Å². The second-order valence-corrected chi connectivity index (χ2v) is 22.3. The highest BCUT2D eigenvalue weighted by atomic mass is 15.1. The summed E-state index contributed by atoms with van der Waals surface area (Å²) in [4.78, 5) is 10.9. The smallest absolute Gasteiger partial charge is 0.149 e. The Morgan fingerprint density at radius 2 is 0.588 bits per heavy atom. The van der Waals surface area contributed by atoms with Gasteiger partial charge in [-0.2, -0.15) is 0 Å². The number of para-hydroxylation sites is 1. The summed E-state index contributed by atoms with van der Waals surface area (Å²) in [7, 11) is 0. The van der Waals surface area contributed by atoms with Gasteiger partial charge in [-0.15, -0.1) is 0 Å². The van der Waals surface area contributed by atoms with Gasteiger partial charge in [0.05, 0.1) is 16.9 Å². The van der Waals surface area contributed by atoms with Crippen LogP contribution >= 0.6 is 0 Å². The number of hydrogen-bond donors (Lipinski definition) is 0. The summed E-state index contributed by atoms with van der Waals surface area (Å²) in [6.45, 7) is 0. The SMILES string of the molecule is c1ccc(-c2nc3c4ccccc4nc(-c4ccc(-c5c6ccccc6c(-c6ccc(-c7ccc8c(-c9ccc%10ccccc%10c9)c9ccccc9c(-c9ccc%10ccccc%10c9)c8c7)cc6)c6ccccc56)cc4)n3c2-c2ccccc2)cc1. The van der Waals surface area contributed by atoms with Gasteiger partial charge in [-0.3, -0.25) is 4.40 Å². The van der Waals surface area contributed by atoms with E-state index in [1.165, 1.54) is 115 Å². The molecule has 0 atom stereocenters. The van der Waals surface area contributed by atoms with E-state index in [1.807, 2.05) is 0 Å². The molecule has 0 N–H and O–H groups in total. The van der Waals surface area contributed by atoms with E-state index in [0.29, 0.717) is 0 Å². The summed E-state index contributed by atoms with van der Waals surface area (Å²) in [6, 6.07) is 113. The third-order valence-electron chi connectivity index (χ3n) is 17.5. The molecule has 3 nitrogen and oxygen atoms in total. The van der Waals surface area contributed by atoms with E-state index in [1.54, 1.807) is 0 Å². The van der Waals surface area contributed by atoms with Crippen molar-refractivity contribution >= 4 is 81.2 Å². The largest absolute Gasteiger partial charge is 0.275 e. The molecule has 0 saturated carbocycles. The standard InChI is InChI=1S/C82H51N3/c1-3-21-57(22-4-1)79-80(58-23-5-2-6-24-58)85-81(83-74-34-18-17-33-72(74)82(85)84-79)59-43-41-56(42-44-59)76-67-29-13-11-27-65(67)75(66-28-12-14-30-68(66)76)55-39-35-54(36-40-55)62-47-48-71-73(51-62)78(64-46-38-53-20-8-10-26-61(53)50-64)70-32-16-15-31-69(70)77(71)63-45-37-52-19-7-9-25-60(52)49-63/h1-51H. The molecule has 394 valence electrons. The minimum absolute atomic E-state index is 0.843. The maximum Gasteiger partial charge on any atom is 0.149 e. The summed E-state index contributed by atoms with van der Waals surface area (Å²) >= 11 is 0. The predicted octanol–water partition coefficient (Wildman–Crippen LogP) is 22.1. The Bertz CT molecular complexity index is 5450. The van der Waals surface area contributed by atoms with E-state index in [9.17, 15) is 0 Å². The molecule has 0 aliphatic rings. The lowest BCUT2D eigenvalue weighted by atomic mass is 9.84. The van der Waals surface area contributed by atoms with E-state index in [4.69, 9.17) is 9.97 Å². The Kier molecular flexibility index (Phi) is 11.2. The first-order valence-electron chi connectivity index (χ1n) is 29.2. The van der Waals surface area contributed by atoms with Crippen molar-refractivity contribution in [2.45, 2.75) is 0 Å². The van der Waals surface area contributed by atoms with Crippen molar-refractivity contribution in [3.8, 4) is 89.5 Å². The molecule has 0 saturated heterocycles. The molecular formula is C82H51N3. The minimum Gasteiger partial charge on any atom is -0.275 e.